The summed E-state index contributed by atoms with van der Waals surface area (Å²) < 4.78 is 14.6. The molecule has 1 heterocycles. The molecule has 3 nitrogen and oxygen atoms in total. The summed E-state index contributed by atoms with van der Waals surface area (Å²) in [5.41, 5.74) is 1.49. The van der Waals surface area contributed by atoms with Crippen LogP contribution in [0.3, 0.4) is 0 Å². The summed E-state index contributed by atoms with van der Waals surface area (Å²) >= 11 is 11.7. The van der Waals surface area contributed by atoms with Crippen LogP contribution in [0.5, 0.6) is 0 Å². The molecule has 0 spiro atoms. The Morgan fingerprint density at radius 1 is 1.04 bits per heavy atom. The van der Waals surface area contributed by atoms with Gasteiger partial charge in [-0.3, -0.25) is 4.79 Å². The van der Waals surface area contributed by atoms with E-state index < -0.39 is 5.82 Å². The molecular weight excluding hydrogens is 350 g/mol. The molecule has 0 radical (unpaired) electrons. The van der Waals surface area contributed by atoms with Gasteiger partial charge >= 0.3 is 0 Å². The molecule has 0 unspecified atom stereocenters. The number of benzene rings is 2. The fraction of sp³-hybridized carbons (Fsp3) is 0. The Bertz CT molecular complexity index is 900. The maximum absolute atomic E-state index is 13.1. The first kappa shape index (κ1) is 16.4. The van der Waals surface area contributed by atoms with E-state index in [1.807, 2.05) is 0 Å². The van der Waals surface area contributed by atoms with E-state index in [0.717, 1.165) is 5.56 Å². The number of nitrogens with zero attached hydrogens (tertiary/aromatic N) is 2. The second-order valence-electron chi connectivity index (χ2n) is 5.02. The zero-order valence-electron chi connectivity index (χ0n) is 12.3. The predicted octanol–water partition coefficient (Wildman–Crippen LogP) is 5.21. The third kappa shape index (κ3) is 3.72. The van der Waals surface area contributed by atoms with Crippen molar-refractivity contribution in [2.45, 2.75) is 0 Å². The highest BCUT2D eigenvalue weighted by Gasteiger charge is 2.15. The number of ketones is 1. The summed E-state index contributed by atoms with van der Waals surface area (Å²) in [5.74, 6) is -0.681. The number of rotatable bonds is 4. The second-order valence-corrected chi connectivity index (χ2v) is 5.84. The highest BCUT2D eigenvalue weighted by atomic mass is 35.5. The van der Waals surface area contributed by atoms with Crippen LogP contribution in [0.4, 0.5) is 4.39 Å². The molecule has 0 fully saturated rings. The molecule has 24 heavy (non-hydrogen) atoms. The lowest BCUT2D eigenvalue weighted by Gasteiger charge is -2.08. The topological polar surface area (TPSA) is 34.9 Å². The Labute approximate surface area is 148 Å². The quantitative estimate of drug-likeness (QED) is 0.472. The van der Waals surface area contributed by atoms with Crippen LogP contribution < -0.4 is 0 Å². The number of halogens is 3. The average molecular weight is 361 g/mol. The zero-order valence-corrected chi connectivity index (χ0v) is 13.8. The SMILES string of the molecule is O=C(/C(=C\c1ccc(Cl)cc1)n1cnc(Cl)c1)c1ccc(F)cc1. The Kier molecular flexibility index (Phi) is 4.79. The third-order valence-electron chi connectivity index (χ3n) is 3.34. The summed E-state index contributed by atoms with van der Waals surface area (Å²) in [4.78, 5) is 16.8. The summed E-state index contributed by atoms with van der Waals surface area (Å²) in [6, 6.07) is 12.4. The summed E-state index contributed by atoms with van der Waals surface area (Å²) in [7, 11) is 0. The van der Waals surface area contributed by atoms with Crippen molar-refractivity contribution in [2.75, 3.05) is 0 Å². The van der Waals surface area contributed by atoms with Gasteiger partial charge in [0, 0.05) is 16.8 Å². The Balaban J connectivity index is 2.06. The summed E-state index contributed by atoms with van der Waals surface area (Å²) in [6.07, 6.45) is 4.68. The van der Waals surface area contributed by atoms with Crippen LogP contribution >= 0.6 is 23.2 Å². The van der Waals surface area contributed by atoms with Gasteiger partial charge < -0.3 is 4.57 Å². The largest absolute Gasteiger partial charge is 0.301 e. The molecular formula is C18H11Cl2FN2O. The number of carbonyl (C=O) groups is 1. The van der Waals surface area contributed by atoms with Gasteiger partial charge in [0.05, 0.1) is 5.70 Å². The number of hydrogen-bond donors (Lipinski definition) is 0. The lowest BCUT2D eigenvalue weighted by Crippen LogP contribution is -2.08. The van der Waals surface area contributed by atoms with E-state index in [-0.39, 0.29) is 10.9 Å². The Hall–Kier alpha value is -2.43. The van der Waals surface area contributed by atoms with Crippen LogP contribution in [0.2, 0.25) is 10.2 Å². The molecule has 0 atom stereocenters. The average Bonchev–Trinajstić information content (AvgIpc) is 3.00. The normalized spacial score (nSPS) is 11.5. The Morgan fingerprint density at radius 3 is 2.29 bits per heavy atom. The molecule has 3 aromatic rings. The first-order valence-electron chi connectivity index (χ1n) is 7.00. The molecule has 0 saturated carbocycles. The molecule has 120 valence electrons. The van der Waals surface area contributed by atoms with Gasteiger partial charge in [-0.25, -0.2) is 9.37 Å². The van der Waals surface area contributed by atoms with Gasteiger partial charge in [0.25, 0.3) is 0 Å². The number of imidazole rings is 1. The van der Waals surface area contributed by atoms with Gasteiger partial charge in [0.1, 0.15) is 17.3 Å². The van der Waals surface area contributed by atoms with E-state index in [9.17, 15) is 9.18 Å². The van der Waals surface area contributed by atoms with Gasteiger partial charge in [0.2, 0.25) is 5.78 Å². The van der Waals surface area contributed by atoms with Crippen molar-refractivity contribution >= 4 is 40.8 Å². The number of allylic oxidation sites excluding steroid dienone is 1. The highest BCUT2D eigenvalue weighted by Crippen LogP contribution is 2.20. The monoisotopic (exact) mass is 360 g/mol. The lowest BCUT2D eigenvalue weighted by molar-refractivity contribution is 0.105. The van der Waals surface area contributed by atoms with Gasteiger partial charge in [-0.15, -0.1) is 0 Å². The van der Waals surface area contributed by atoms with Gasteiger partial charge in [-0.1, -0.05) is 35.3 Å². The van der Waals surface area contributed by atoms with E-state index in [1.165, 1.54) is 41.4 Å². The molecule has 1 aromatic heterocycles. The molecule has 6 heteroatoms. The fourth-order valence-electron chi connectivity index (χ4n) is 2.15. The van der Waals surface area contributed by atoms with E-state index in [2.05, 4.69) is 4.98 Å². The molecule has 0 N–H and O–H groups in total. The van der Waals surface area contributed by atoms with Gasteiger partial charge in [0.15, 0.2) is 0 Å². The van der Waals surface area contributed by atoms with Crippen LogP contribution in [-0.4, -0.2) is 15.3 Å². The smallest absolute Gasteiger partial charge is 0.209 e. The highest BCUT2D eigenvalue weighted by molar-refractivity contribution is 6.31. The van der Waals surface area contributed by atoms with Crippen molar-refractivity contribution in [3.05, 3.63) is 88.2 Å². The minimum atomic E-state index is -0.402. The van der Waals surface area contributed by atoms with Crippen LogP contribution in [-0.2, 0) is 0 Å². The second kappa shape index (κ2) is 6.99. The number of Topliss-reactive ketones (excluding diaryl/α,β-unsaturated/α-hetero) is 1. The van der Waals surface area contributed by atoms with Crippen molar-refractivity contribution in [1.82, 2.24) is 9.55 Å². The molecule has 2 aromatic carbocycles. The van der Waals surface area contributed by atoms with Gasteiger partial charge in [-0.2, -0.15) is 0 Å². The van der Waals surface area contributed by atoms with Crippen LogP contribution in [0, 0.1) is 5.82 Å². The minimum absolute atomic E-state index is 0.268. The summed E-state index contributed by atoms with van der Waals surface area (Å²) in [6.45, 7) is 0. The molecule has 0 amide bonds. The zero-order chi connectivity index (χ0) is 17.1. The molecule has 3 rings (SSSR count). The first-order valence-corrected chi connectivity index (χ1v) is 7.76. The molecule has 0 aliphatic carbocycles. The third-order valence-corrected chi connectivity index (χ3v) is 3.79. The van der Waals surface area contributed by atoms with Crippen molar-refractivity contribution < 1.29 is 9.18 Å². The van der Waals surface area contributed by atoms with Crippen LogP contribution in [0.15, 0.2) is 61.1 Å². The maximum Gasteiger partial charge on any atom is 0.209 e. The molecule has 0 saturated heterocycles. The molecule has 0 aliphatic heterocycles. The minimum Gasteiger partial charge on any atom is -0.301 e. The molecule has 0 bridgehead atoms. The lowest BCUT2D eigenvalue weighted by atomic mass is 10.1. The number of carbonyl (C=O) groups excluding carboxylic acids is 1. The van der Waals surface area contributed by atoms with E-state index >= 15 is 0 Å². The maximum atomic E-state index is 13.1. The van der Waals surface area contributed by atoms with E-state index in [1.54, 1.807) is 30.3 Å². The van der Waals surface area contributed by atoms with E-state index in [0.29, 0.717) is 16.3 Å². The van der Waals surface area contributed by atoms with Gasteiger partial charge in [-0.05, 0) is 48.0 Å². The van der Waals surface area contributed by atoms with Crippen molar-refractivity contribution in [3.63, 3.8) is 0 Å². The number of hydrogen-bond acceptors (Lipinski definition) is 2. The standard InChI is InChI=1S/C18H11Cl2FN2O/c19-14-5-1-12(2-6-14)9-16(23-10-17(20)22-11-23)18(24)13-3-7-15(21)8-4-13/h1-11H/b16-9+. The van der Waals surface area contributed by atoms with Crippen LogP contribution in [0.25, 0.3) is 11.8 Å². The van der Waals surface area contributed by atoms with Crippen molar-refractivity contribution in [1.29, 1.82) is 0 Å². The summed E-state index contributed by atoms with van der Waals surface area (Å²) in [5, 5.41) is 0.869. The van der Waals surface area contributed by atoms with Crippen molar-refractivity contribution in [2.24, 2.45) is 0 Å². The Morgan fingerprint density at radius 2 is 1.71 bits per heavy atom. The van der Waals surface area contributed by atoms with E-state index in [4.69, 9.17) is 23.2 Å². The predicted molar refractivity (Wildman–Crippen MR) is 93.6 cm³/mol. The fourth-order valence-corrected chi connectivity index (χ4v) is 2.43. The number of aromatic nitrogens is 2. The van der Waals surface area contributed by atoms with Crippen molar-refractivity contribution in [3.8, 4) is 0 Å². The molecule has 0 aliphatic rings. The first-order chi connectivity index (χ1) is 11.5. The van der Waals surface area contributed by atoms with Crippen LogP contribution in [0.1, 0.15) is 15.9 Å².